The molecule has 5 heteroatoms. The van der Waals surface area contributed by atoms with E-state index >= 15 is 0 Å². The molecule has 0 spiro atoms. The normalized spacial score (nSPS) is 19.8. The summed E-state index contributed by atoms with van der Waals surface area (Å²) in [4.78, 5) is 6.26. The van der Waals surface area contributed by atoms with Crippen molar-refractivity contribution in [1.82, 2.24) is 10.2 Å². The molecule has 1 aliphatic rings. The van der Waals surface area contributed by atoms with Gasteiger partial charge in [0, 0.05) is 33.2 Å². The molecule has 1 fully saturated rings. The lowest BCUT2D eigenvalue weighted by Crippen LogP contribution is -2.41. The number of guanidine groups is 1. The summed E-state index contributed by atoms with van der Waals surface area (Å²) in [5, 5.41) is 3.09. The molecule has 1 N–H and O–H groups in total. The average Bonchev–Trinajstić information content (AvgIpc) is 2.71. The van der Waals surface area contributed by atoms with Crippen molar-refractivity contribution in [3.8, 4) is 12.3 Å². The molecular weight excluding hydrogens is 317 g/mol. The minimum Gasteiger partial charge on any atom is -0.381 e. The van der Waals surface area contributed by atoms with Crippen LogP contribution in [0.5, 0.6) is 0 Å². The van der Waals surface area contributed by atoms with E-state index in [4.69, 9.17) is 11.2 Å². The van der Waals surface area contributed by atoms with E-state index < -0.39 is 0 Å². The molecule has 0 aliphatic carbocycles. The molecule has 0 aromatic carbocycles. The maximum absolute atomic E-state index is 5.33. The Hall–Kier alpha value is -0.480. The van der Waals surface area contributed by atoms with Crippen LogP contribution in [0.3, 0.4) is 0 Å². The molecule has 0 bridgehead atoms. The van der Waals surface area contributed by atoms with Crippen molar-refractivity contribution >= 4 is 29.9 Å². The number of terminal acetylenes is 1. The maximum Gasteiger partial charge on any atom is 0.194 e. The van der Waals surface area contributed by atoms with Gasteiger partial charge in [-0.25, -0.2) is 0 Å². The molecule has 1 unspecified atom stereocenters. The van der Waals surface area contributed by atoms with Gasteiger partial charge in [0.2, 0.25) is 0 Å². The summed E-state index contributed by atoms with van der Waals surface area (Å²) in [7, 11) is 3.78. The third kappa shape index (κ3) is 5.03. The van der Waals surface area contributed by atoms with Gasteiger partial charge in [0.15, 0.2) is 5.96 Å². The molecular formula is C11H20IN3O. The van der Waals surface area contributed by atoms with Gasteiger partial charge in [-0.1, -0.05) is 5.92 Å². The maximum atomic E-state index is 5.33. The largest absolute Gasteiger partial charge is 0.381 e. The van der Waals surface area contributed by atoms with E-state index in [0.717, 1.165) is 32.1 Å². The lowest BCUT2D eigenvalue weighted by atomic mass is 10.1. The second-order valence-electron chi connectivity index (χ2n) is 3.72. The summed E-state index contributed by atoms with van der Waals surface area (Å²) >= 11 is 0. The van der Waals surface area contributed by atoms with Crippen LogP contribution in [0, 0.1) is 18.3 Å². The number of ether oxygens (including phenoxy) is 1. The van der Waals surface area contributed by atoms with Crippen LogP contribution in [0.1, 0.15) is 6.42 Å². The predicted octanol–water partition coefficient (Wildman–Crippen LogP) is 0.781. The molecule has 0 aromatic rings. The molecule has 0 radical (unpaired) electrons. The molecule has 1 atom stereocenters. The summed E-state index contributed by atoms with van der Waals surface area (Å²) in [5.74, 6) is 4.00. The van der Waals surface area contributed by atoms with Crippen LogP contribution in [0.2, 0.25) is 0 Å². The van der Waals surface area contributed by atoms with E-state index in [1.807, 2.05) is 7.05 Å². The summed E-state index contributed by atoms with van der Waals surface area (Å²) in [5.41, 5.74) is 0. The van der Waals surface area contributed by atoms with Gasteiger partial charge in [-0.15, -0.1) is 30.4 Å². The van der Waals surface area contributed by atoms with Crippen molar-refractivity contribution in [2.45, 2.75) is 6.42 Å². The van der Waals surface area contributed by atoms with Gasteiger partial charge >= 0.3 is 0 Å². The zero-order valence-corrected chi connectivity index (χ0v) is 12.2. The Labute approximate surface area is 115 Å². The van der Waals surface area contributed by atoms with E-state index in [1.54, 1.807) is 7.05 Å². The quantitative estimate of drug-likeness (QED) is 0.358. The van der Waals surface area contributed by atoms with Gasteiger partial charge in [-0.05, 0) is 6.42 Å². The number of hydrogen-bond acceptors (Lipinski definition) is 2. The Bertz CT molecular complexity index is 256. The highest BCUT2D eigenvalue weighted by molar-refractivity contribution is 14.0. The molecule has 0 aromatic heterocycles. The highest BCUT2D eigenvalue weighted by Gasteiger charge is 2.18. The summed E-state index contributed by atoms with van der Waals surface area (Å²) in [6.45, 7) is 3.22. The van der Waals surface area contributed by atoms with Gasteiger partial charge in [-0.2, -0.15) is 0 Å². The average molecular weight is 337 g/mol. The fraction of sp³-hybridized carbons (Fsp3) is 0.727. The van der Waals surface area contributed by atoms with Crippen molar-refractivity contribution in [1.29, 1.82) is 0 Å². The van der Waals surface area contributed by atoms with E-state index in [1.165, 1.54) is 0 Å². The standard InChI is InChI=1S/C11H19N3O.HI/c1-4-6-13-11(12-2)14(3)8-10-5-7-15-9-10;/h1,10H,5-9H2,2-3H3,(H,12,13);1H. The lowest BCUT2D eigenvalue weighted by Gasteiger charge is -2.23. The first-order valence-electron chi connectivity index (χ1n) is 5.21. The predicted molar refractivity (Wildman–Crippen MR) is 77.2 cm³/mol. The van der Waals surface area contributed by atoms with Crippen molar-refractivity contribution < 1.29 is 4.74 Å². The molecule has 0 amide bonds. The molecule has 16 heavy (non-hydrogen) atoms. The van der Waals surface area contributed by atoms with Crippen LogP contribution in [0.15, 0.2) is 4.99 Å². The molecule has 1 rings (SSSR count). The van der Waals surface area contributed by atoms with Gasteiger partial charge in [0.1, 0.15) is 0 Å². The smallest absolute Gasteiger partial charge is 0.194 e. The van der Waals surface area contributed by atoms with Gasteiger partial charge < -0.3 is 15.0 Å². The Kier molecular flexibility index (Phi) is 8.39. The fourth-order valence-electron chi connectivity index (χ4n) is 1.72. The second kappa shape index (κ2) is 8.65. The van der Waals surface area contributed by atoms with Crippen LogP contribution in [-0.2, 0) is 4.74 Å². The zero-order chi connectivity index (χ0) is 11.1. The Morgan fingerprint density at radius 3 is 2.94 bits per heavy atom. The third-order valence-corrected chi connectivity index (χ3v) is 2.48. The summed E-state index contributed by atoms with van der Waals surface area (Å²) < 4.78 is 5.33. The van der Waals surface area contributed by atoms with E-state index in [0.29, 0.717) is 12.5 Å². The topological polar surface area (TPSA) is 36.9 Å². The number of nitrogens with zero attached hydrogens (tertiary/aromatic N) is 2. The molecule has 1 heterocycles. The van der Waals surface area contributed by atoms with Crippen molar-refractivity contribution in [3.63, 3.8) is 0 Å². The van der Waals surface area contributed by atoms with Crippen LogP contribution < -0.4 is 5.32 Å². The number of aliphatic imine (C=N–C) groups is 1. The highest BCUT2D eigenvalue weighted by Crippen LogP contribution is 2.12. The highest BCUT2D eigenvalue weighted by atomic mass is 127. The van der Waals surface area contributed by atoms with Crippen LogP contribution >= 0.6 is 24.0 Å². The number of halogens is 1. The summed E-state index contributed by atoms with van der Waals surface area (Å²) in [6.07, 6.45) is 6.32. The SMILES string of the molecule is C#CCNC(=NC)N(C)CC1CCOC1.I. The Morgan fingerprint density at radius 1 is 1.69 bits per heavy atom. The van der Waals surface area contributed by atoms with Crippen molar-refractivity contribution in [2.75, 3.05) is 40.4 Å². The first-order valence-corrected chi connectivity index (χ1v) is 5.21. The number of hydrogen-bond donors (Lipinski definition) is 1. The molecule has 1 saturated heterocycles. The van der Waals surface area contributed by atoms with Crippen LogP contribution in [-0.4, -0.2) is 51.3 Å². The monoisotopic (exact) mass is 337 g/mol. The van der Waals surface area contributed by atoms with Crippen LogP contribution in [0.25, 0.3) is 0 Å². The van der Waals surface area contributed by atoms with Gasteiger partial charge in [-0.3, -0.25) is 4.99 Å². The minimum absolute atomic E-state index is 0. The van der Waals surface area contributed by atoms with E-state index in [-0.39, 0.29) is 24.0 Å². The Balaban J connectivity index is 0.00000225. The van der Waals surface area contributed by atoms with Gasteiger partial charge in [0.05, 0.1) is 13.2 Å². The zero-order valence-electron chi connectivity index (χ0n) is 9.90. The summed E-state index contributed by atoms with van der Waals surface area (Å²) in [6, 6.07) is 0. The fourth-order valence-corrected chi connectivity index (χ4v) is 1.72. The van der Waals surface area contributed by atoms with Crippen molar-refractivity contribution in [2.24, 2.45) is 10.9 Å². The lowest BCUT2D eigenvalue weighted by molar-refractivity contribution is 0.181. The first kappa shape index (κ1) is 15.5. The minimum atomic E-state index is 0. The van der Waals surface area contributed by atoms with Gasteiger partial charge in [0.25, 0.3) is 0 Å². The molecule has 0 saturated carbocycles. The van der Waals surface area contributed by atoms with E-state index in [9.17, 15) is 0 Å². The van der Waals surface area contributed by atoms with Crippen LogP contribution in [0.4, 0.5) is 0 Å². The third-order valence-electron chi connectivity index (χ3n) is 2.48. The Morgan fingerprint density at radius 2 is 2.44 bits per heavy atom. The first-order chi connectivity index (χ1) is 7.27. The van der Waals surface area contributed by atoms with Crippen molar-refractivity contribution in [3.05, 3.63) is 0 Å². The molecule has 1 aliphatic heterocycles. The second-order valence-corrected chi connectivity index (χ2v) is 3.72. The number of nitrogens with one attached hydrogen (secondary N) is 1. The molecule has 4 nitrogen and oxygen atoms in total. The van der Waals surface area contributed by atoms with E-state index in [2.05, 4.69) is 21.1 Å². The molecule has 92 valence electrons. The number of rotatable bonds is 3.